The van der Waals surface area contributed by atoms with Crippen LogP contribution in [-0.2, 0) is 10.9 Å². The fourth-order valence-corrected chi connectivity index (χ4v) is 6.39. The summed E-state index contributed by atoms with van der Waals surface area (Å²) in [6, 6.07) is 6.85. The number of hydrogen-bond donors (Lipinski definition) is 2. The molecule has 1 spiro atoms. The third-order valence-electron chi connectivity index (χ3n) is 8.30. The molecular weight excluding hydrogens is 559 g/mol. The molecule has 0 radical (unpaired) electrons. The number of alkyl halides is 3. The first kappa shape index (κ1) is 28.1. The van der Waals surface area contributed by atoms with Gasteiger partial charge in [0.05, 0.1) is 35.4 Å². The van der Waals surface area contributed by atoms with Crippen LogP contribution in [0.3, 0.4) is 0 Å². The summed E-state index contributed by atoms with van der Waals surface area (Å²) in [6.07, 6.45) is 1.14. The number of ether oxygens (including phenoxy) is 1. The van der Waals surface area contributed by atoms with Gasteiger partial charge in [0, 0.05) is 61.6 Å². The van der Waals surface area contributed by atoms with Crippen molar-refractivity contribution in [2.45, 2.75) is 37.0 Å². The van der Waals surface area contributed by atoms with E-state index in [0.29, 0.717) is 53.4 Å². The van der Waals surface area contributed by atoms with Crippen LogP contribution in [-0.4, -0.2) is 83.8 Å². The SMILES string of the molecule is O=C(NCC(c1cnc(C(F)(F)F)nc1)N1CCOCC1)c1c(Cl)ccc2nc(N3CCC4(CCCN4)C3)ccc12. The summed E-state index contributed by atoms with van der Waals surface area (Å²) in [6.45, 7) is 5.05. The van der Waals surface area contributed by atoms with Gasteiger partial charge in [-0.1, -0.05) is 11.6 Å². The van der Waals surface area contributed by atoms with E-state index in [0.717, 1.165) is 31.9 Å². The quantitative estimate of drug-likeness (QED) is 0.448. The summed E-state index contributed by atoms with van der Waals surface area (Å²) in [5.74, 6) is -0.730. The molecule has 3 aromatic rings. The van der Waals surface area contributed by atoms with Crippen LogP contribution >= 0.6 is 11.6 Å². The standard InChI is InChI=1S/C28H31ClF3N7O2/c29-20-3-4-21-19(2-5-23(37-21)39-9-7-27(17-39)6-1-8-36-27)24(20)25(40)33-16-22(38-10-12-41-13-11-38)18-14-34-26(35-15-18)28(30,31)32/h2-5,14-15,22,36H,1,6-13,16-17H2,(H,33,40). The molecule has 3 aliphatic heterocycles. The third-order valence-corrected chi connectivity index (χ3v) is 8.61. The van der Waals surface area contributed by atoms with Crippen molar-refractivity contribution >= 4 is 34.2 Å². The molecule has 0 aliphatic carbocycles. The van der Waals surface area contributed by atoms with Gasteiger partial charge in [0.25, 0.3) is 5.91 Å². The Bertz CT molecular complexity index is 1410. The Hall–Kier alpha value is -3.06. The number of carbonyl (C=O) groups is 1. The number of anilines is 1. The molecule has 2 aromatic heterocycles. The van der Waals surface area contributed by atoms with E-state index in [9.17, 15) is 18.0 Å². The van der Waals surface area contributed by atoms with Crippen LogP contribution in [0.2, 0.25) is 5.02 Å². The number of aromatic nitrogens is 3. The fraction of sp³-hybridized carbons (Fsp3) is 0.500. The summed E-state index contributed by atoms with van der Waals surface area (Å²) in [7, 11) is 0. The van der Waals surface area contributed by atoms with Crippen molar-refractivity contribution in [3.05, 3.63) is 58.6 Å². The Labute approximate surface area is 240 Å². The van der Waals surface area contributed by atoms with Crippen molar-refractivity contribution < 1.29 is 22.7 Å². The van der Waals surface area contributed by atoms with E-state index in [4.69, 9.17) is 21.3 Å². The Morgan fingerprint density at radius 3 is 2.61 bits per heavy atom. The predicted octanol–water partition coefficient (Wildman–Crippen LogP) is 3.83. The fourth-order valence-electron chi connectivity index (χ4n) is 6.14. The van der Waals surface area contributed by atoms with Gasteiger partial charge in [-0.3, -0.25) is 9.69 Å². The molecule has 3 fully saturated rings. The zero-order valence-electron chi connectivity index (χ0n) is 22.4. The minimum Gasteiger partial charge on any atom is -0.379 e. The third kappa shape index (κ3) is 5.83. The lowest BCUT2D eigenvalue weighted by Gasteiger charge is -2.34. The van der Waals surface area contributed by atoms with Gasteiger partial charge >= 0.3 is 6.18 Å². The van der Waals surface area contributed by atoms with Crippen LogP contribution in [0.4, 0.5) is 19.0 Å². The van der Waals surface area contributed by atoms with E-state index in [1.54, 1.807) is 6.07 Å². The summed E-state index contributed by atoms with van der Waals surface area (Å²) in [5, 5.41) is 7.53. The first-order valence-electron chi connectivity index (χ1n) is 13.8. The lowest BCUT2D eigenvalue weighted by Crippen LogP contribution is -2.44. The first-order valence-corrected chi connectivity index (χ1v) is 14.2. The van der Waals surface area contributed by atoms with E-state index in [-0.39, 0.29) is 12.1 Å². The lowest BCUT2D eigenvalue weighted by atomic mass is 9.97. The van der Waals surface area contributed by atoms with Gasteiger partial charge in [-0.25, -0.2) is 15.0 Å². The van der Waals surface area contributed by atoms with Crippen LogP contribution in [0, 0.1) is 0 Å². The van der Waals surface area contributed by atoms with Gasteiger partial charge in [-0.05, 0) is 50.1 Å². The van der Waals surface area contributed by atoms with E-state index in [1.165, 1.54) is 25.2 Å². The normalized spacial score (nSPS) is 22.5. The highest BCUT2D eigenvalue weighted by Gasteiger charge is 2.40. The largest absolute Gasteiger partial charge is 0.451 e. The number of morpholine rings is 1. The summed E-state index contributed by atoms with van der Waals surface area (Å²) >= 11 is 6.53. The molecule has 1 amide bonds. The molecule has 3 aliphatic rings. The van der Waals surface area contributed by atoms with Gasteiger partial charge in [0.1, 0.15) is 5.82 Å². The number of nitrogens with zero attached hydrogens (tertiary/aromatic N) is 5. The van der Waals surface area contributed by atoms with Crippen LogP contribution in [0.15, 0.2) is 36.7 Å². The molecule has 6 rings (SSSR count). The maximum atomic E-state index is 13.5. The van der Waals surface area contributed by atoms with E-state index >= 15 is 0 Å². The second-order valence-corrected chi connectivity index (χ2v) is 11.3. The Kier molecular flexibility index (Phi) is 7.75. The van der Waals surface area contributed by atoms with Crippen molar-refractivity contribution in [2.24, 2.45) is 0 Å². The van der Waals surface area contributed by atoms with Gasteiger partial charge in [0.15, 0.2) is 0 Å². The molecule has 2 atom stereocenters. The van der Waals surface area contributed by atoms with Crippen LogP contribution in [0.5, 0.6) is 0 Å². The molecule has 13 heteroatoms. The maximum absolute atomic E-state index is 13.5. The highest BCUT2D eigenvalue weighted by molar-refractivity contribution is 6.35. The lowest BCUT2D eigenvalue weighted by molar-refractivity contribution is -0.145. The highest BCUT2D eigenvalue weighted by atomic mass is 35.5. The van der Waals surface area contributed by atoms with E-state index < -0.39 is 23.9 Å². The summed E-state index contributed by atoms with van der Waals surface area (Å²) < 4.78 is 44.5. The number of halogens is 4. The van der Waals surface area contributed by atoms with Crippen LogP contribution in [0.1, 0.15) is 47.1 Å². The number of carbonyl (C=O) groups excluding carboxylic acids is 1. The van der Waals surface area contributed by atoms with Crippen molar-refractivity contribution in [1.29, 1.82) is 0 Å². The zero-order valence-corrected chi connectivity index (χ0v) is 23.1. The van der Waals surface area contributed by atoms with Gasteiger partial charge < -0.3 is 20.3 Å². The Morgan fingerprint density at radius 2 is 1.90 bits per heavy atom. The number of nitrogens with one attached hydrogen (secondary N) is 2. The average molecular weight is 590 g/mol. The monoisotopic (exact) mass is 589 g/mol. The Balaban J connectivity index is 1.22. The van der Waals surface area contributed by atoms with Gasteiger partial charge in [0.2, 0.25) is 5.82 Å². The van der Waals surface area contributed by atoms with E-state index in [2.05, 4.69) is 25.5 Å². The first-order chi connectivity index (χ1) is 19.7. The van der Waals surface area contributed by atoms with Crippen LogP contribution in [0.25, 0.3) is 10.9 Å². The Morgan fingerprint density at radius 1 is 1.12 bits per heavy atom. The van der Waals surface area contributed by atoms with Crippen molar-refractivity contribution in [3.8, 4) is 0 Å². The maximum Gasteiger partial charge on any atom is 0.451 e. The predicted molar refractivity (Wildman–Crippen MR) is 148 cm³/mol. The number of benzene rings is 1. The molecule has 0 saturated carbocycles. The zero-order chi connectivity index (χ0) is 28.6. The summed E-state index contributed by atoms with van der Waals surface area (Å²) in [4.78, 5) is 29.8. The number of fused-ring (bicyclic) bond motifs is 1. The van der Waals surface area contributed by atoms with Crippen molar-refractivity contribution in [3.63, 3.8) is 0 Å². The minimum atomic E-state index is -4.64. The number of rotatable bonds is 6. The minimum absolute atomic E-state index is 0.120. The molecular formula is C28H31ClF3N7O2. The smallest absolute Gasteiger partial charge is 0.379 e. The summed E-state index contributed by atoms with van der Waals surface area (Å²) in [5.41, 5.74) is 1.61. The molecule has 9 nitrogen and oxygen atoms in total. The van der Waals surface area contributed by atoms with Crippen molar-refractivity contribution in [2.75, 3.05) is 57.4 Å². The molecule has 2 N–H and O–H groups in total. The number of hydrogen-bond acceptors (Lipinski definition) is 8. The van der Waals surface area contributed by atoms with Gasteiger partial charge in [-0.2, -0.15) is 13.2 Å². The molecule has 2 unspecified atom stereocenters. The second-order valence-electron chi connectivity index (χ2n) is 10.9. The molecule has 41 heavy (non-hydrogen) atoms. The van der Waals surface area contributed by atoms with Crippen LogP contribution < -0.4 is 15.5 Å². The number of amides is 1. The average Bonchev–Trinajstić information content (AvgIpc) is 3.62. The molecule has 218 valence electrons. The topological polar surface area (TPSA) is 95.5 Å². The molecule has 1 aromatic carbocycles. The molecule has 0 bridgehead atoms. The van der Waals surface area contributed by atoms with E-state index in [1.807, 2.05) is 23.1 Å². The second kappa shape index (κ2) is 11.3. The highest BCUT2D eigenvalue weighted by Crippen LogP contribution is 2.34. The number of pyridine rings is 1. The van der Waals surface area contributed by atoms with Crippen molar-refractivity contribution in [1.82, 2.24) is 30.5 Å². The van der Waals surface area contributed by atoms with Gasteiger partial charge in [-0.15, -0.1) is 0 Å². The molecule has 3 saturated heterocycles. The molecule has 5 heterocycles.